The van der Waals surface area contributed by atoms with Crippen molar-refractivity contribution >= 4 is 5.91 Å². The molecule has 0 radical (unpaired) electrons. The van der Waals surface area contributed by atoms with Crippen LogP contribution in [-0.2, 0) is 6.42 Å². The molecule has 2 aromatic rings. The Kier molecular flexibility index (Phi) is 6.31. The molecule has 1 amide bonds. The first-order valence-corrected chi connectivity index (χ1v) is 9.53. The van der Waals surface area contributed by atoms with E-state index in [1.165, 1.54) is 12.1 Å². The summed E-state index contributed by atoms with van der Waals surface area (Å²) in [7, 11) is 0. The van der Waals surface area contributed by atoms with Gasteiger partial charge >= 0.3 is 0 Å². The predicted octanol–water partition coefficient (Wildman–Crippen LogP) is 2.65. The molecule has 28 heavy (non-hydrogen) atoms. The molecule has 6 heteroatoms. The normalized spacial score (nSPS) is 22.1. The second-order valence-corrected chi connectivity index (χ2v) is 7.32. The van der Waals surface area contributed by atoms with Crippen molar-refractivity contribution in [3.8, 4) is 5.75 Å². The van der Waals surface area contributed by atoms with Crippen LogP contribution < -0.4 is 4.74 Å². The molecule has 0 bridgehead atoms. The number of hydrogen-bond donors (Lipinski definition) is 2. The minimum Gasteiger partial charge on any atom is -0.494 e. The molecule has 2 aromatic carbocycles. The van der Waals surface area contributed by atoms with Gasteiger partial charge in [0.15, 0.2) is 0 Å². The summed E-state index contributed by atoms with van der Waals surface area (Å²) >= 11 is 0. The number of carbonyl (C=O) groups is 1. The molecule has 2 N–H and O–H groups in total. The van der Waals surface area contributed by atoms with Crippen LogP contribution >= 0.6 is 0 Å². The Balaban J connectivity index is 1.81. The highest BCUT2D eigenvalue weighted by molar-refractivity contribution is 5.94. The number of ether oxygens (including phenoxy) is 1. The van der Waals surface area contributed by atoms with Gasteiger partial charge in [-0.2, -0.15) is 0 Å². The third-order valence-electron chi connectivity index (χ3n) is 5.35. The van der Waals surface area contributed by atoms with Crippen LogP contribution in [0.3, 0.4) is 0 Å². The van der Waals surface area contributed by atoms with Crippen molar-refractivity contribution in [3.63, 3.8) is 0 Å². The fraction of sp³-hybridized carbons (Fsp3) is 0.409. The molecule has 1 aliphatic heterocycles. The first kappa shape index (κ1) is 20.3. The van der Waals surface area contributed by atoms with Gasteiger partial charge in [-0.3, -0.25) is 4.79 Å². The van der Waals surface area contributed by atoms with Crippen LogP contribution in [0.1, 0.15) is 29.3 Å². The van der Waals surface area contributed by atoms with Gasteiger partial charge in [0.25, 0.3) is 5.91 Å². The number of carbonyl (C=O) groups excluding carboxylic acids is 1. The number of aliphatic hydroxyl groups excluding tert-OH is 2. The minimum atomic E-state index is -0.886. The van der Waals surface area contributed by atoms with E-state index < -0.39 is 11.5 Å². The summed E-state index contributed by atoms with van der Waals surface area (Å²) in [6.45, 7) is 2.75. The highest BCUT2D eigenvalue weighted by Gasteiger charge is 2.43. The average Bonchev–Trinajstić information content (AvgIpc) is 2.71. The fourth-order valence-electron chi connectivity index (χ4n) is 3.78. The quantitative estimate of drug-likeness (QED) is 0.800. The summed E-state index contributed by atoms with van der Waals surface area (Å²) in [5.74, 6) is 0.132. The molecule has 1 fully saturated rings. The Morgan fingerprint density at radius 1 is 1.29 bits per heavy atom. The van der Waals surface area contributed by atoms with Crippen molar-refractivity contribution in [2.24, 2.45) is 5.41 Å². The van der Waals surface area contributed by atoms with Crippen LogP contribution in [0.4, 0.5) is 4.39 Å². The zero-order valence-corrected chi connectivity index (χ0v) is 16.0. The maximum Gasteiger partial charge on any atom is 0.254 e. The average molecular weight is 387 g/mol. The van der Waals surface area contributed by atoms with Crippen molar-refractivity contribution < 1.29 is 24.1 Å². The SMILES string of the molecule is CCOc1cccc(C(=O)N2CC[C@H](O)[C@@](CO)(Cc3ccc(F)cc3)C2)c1. The van der Waals surface area contributed by atoms with Gasteiger partial charge in [0, 0.05) is 24.1 Å². The third-order valence-corrected chi connectivity index (χ3v) is 5.35. The Labute approximate surface area is 164 Å². The van der Waals surface area contributed by atoms with Gasteiger partial charge in [-0.05, 0) is 55.7 Å². The number of aliphatic hydroxyl groups is 2. The van der Waals surface area contributed by atoms with Crippen LogP contribution in [0, 0.1) is 11.2 Å². The van der Waals surface area contributed by atoms with E-state index >= 15 is 0 Å². The van der Waals surface area contributed by atoms with Crippen LogP contribution in [0.5, 0.6) is 5.75 Å². The van der Waals surface area contributed by atoms with E-state index in [4.69, 9.17) is 4.74 Å². The van der Waals surface area contributed by atoms with E-state index in [1.54, 1.807) is 41.3 Å². The number of piperidine rings is 1. The lowest BCUT2D eigenvalue weighted by atomic mass is 9.73. The van der Waals surface area contributed by atoms with E-state index in [2.05, 4.69) is 0 Å². The van der Waals surface area contributed by atoms with Gasteiger partial charge in [-0.15, -0.1) is 0 Å². The summed E-state index contributed by atoms with van der Waals surface area (Å²) < 4.78 is 18.7. The minimum absolute atomic E-state index is 0.162. The van der Waals surface area contributed by atoms with Gasteiger partial charge in [-0.25, -0.2) is 4.39 Å². The van der Waals surface area contributed by atoms with E-state index in [0.717, 1.165) is 5.56 Å². The van der Waals surface area contributed by atoms with Crippen LogP contribution in [0.15, 0.2) is 48.5 Å². The largest absolute Gasteiger partial charge is 0.494 e. The summed E-state index contributed by atoms with van der Waals surface area (Å²) in [4.78, 5) is 14.7. The van der Waals surface area contributed by atoms with Gasteiger partial charge < -0.3 is 19.8 Å². The molecule has 0 saturated carbocycles. The van der Waals surface area contributed by atoms with E-state index in [-0.39, 0.29) is 24.9 Å². The Bertz CT molecular complexity index is 810. The molecule has 150 valence electrons. The first-order valence-electron chi connectivity index (χ1n) is 9.53. The highest BCUT2D eigenvalue weighted by atomic mass is 19.1. The highest BCUT2D eigenvalue weighted by Crippen LogP contribution is 2.34. The molecule has 0 unspecified atom stereocenters. The second-order valence-electron chi connectivity index (χ2n) is 7.32. The summed E-state index contributed by atoms with van der Waals surface area (Å²) in [5.41, 5.74) is 0.432. The van der Waals surface area contributed by atoms with Crippen molar-refractivity contribution in [1.29, 1.82) is 0 Å². The van der Waals surface area contributed by atoms with Gasteiger partial charge in [0.05, 0.1) is 19.3 Å². The van der Waals surface area contributed by atoms with Crippen molar-refractivity contribution in [1.82, 2.24) is 4.90 Å². The summed E-state index contributed by atoms with van der Waals surface area (Å²) in [6, 6.07) is 13.0. The number of hydrogen-bond acceptors (Lipinski definition) is 4. The molecule has 5 nitrogen and oxygen atoms in total. The van der Waals surface area contributed by atoms with Gasteiger partial charge in [0.1, 0.15) is 11.6 Å². The summed E-state index contributed by atoms with van der Waals surface area (Å²) in [6.07, 6.45) is -0.0202. The Morgan fingerprint density at radius 3 is 2.71 bits per heavy atom. The van der Waals surface area contributed by atoms with Crippen LogP contribution in [0.25, 0.3) is 0 Å². The first-order chi connectivity index (χ1) is 13.5. The number of benzene rings is 2. The van der Waals surface area contributed by atoms with E-state index in [9.17, 15) is 19.4 Å². The Hall–Kier alpha value is -2.44. The molecule has 1 saturated heterocycles. The molecule has 0 spiro atoms. The zero-order valence-electron chi connectivity index (χ0n) is 16.0. The fourth-order valence-corrected chi connectivity index (χ4v) is 3.78. The lowest BCUT2D eigenvalue weighted by Crippen LogP contribution is -2.56. The van der Waals surface area contributed by atoms with E-state index in [1.807, 2.05) is 6.92 Å². The van der Waals surface area contributed by atoms with Crippen molar-refractivity contribution in [2.75, 3.05) is 26.3 Å². The van der Waals surface area contributed by atoms with Crippen LogP contribution in [0.2, 0.25) is 0 Å². The second kappa shape index (κ2) is 8.71. The molecule has 3 rings (SSSR count). The molecular formula is C22H26FNO4. The molecule has 0 aliphatic carbocycles. The number of halogens is 1. The monoisotopic (exact) mass is 387 g/mol. The number of rotatable bonds is 6. The number of nitrogens with zero attached hydrogens (tertiary/aromatic N) is 1. The molecular weight excluding hydrogens is 361 g/mol. The van der Waals surface area contributed by atoms with Crippen molar-refractivity contribution in [3.05, 3.63) is 65.5 Å². The Morgan fingerprint density at radius 2 is 2.04 bits per heavy atom. The standard InChI is InChI=1S/C22H26FNO4/c1-2-28-19-5-3-4-17(12-19)21(27)24-11-10-20(26)22(14-24,15-25)13-16-6-8-18(23)9-7-16/h3-9,12,20,25-26H,2,10-11,13-15H2,1H3/t20-,22-/m0/s1. The topological polar surface area (TPSA) is 70.0 Å². The molecule has 1 aliphatic rings. The molecule has 0 aromatic heterocycles. The summed E-state index contributed by atoms with van der Waals surface area (Å²) in [5, 5.41) is 20.7. The zero-order chi connectivity index (χ0) is 20.1. The van der Waals surface area contributed by atoms with Gasteiger partial charge in [-0.1, -0.05) is 18.2 Å². The maximum absolute atomic E-state index is 13.2. The number of amides is 1. The number of likely N-dealkylation sites (tertiary alicyclic amines) is 1. The van der Waals surface area contributed by atoms with E-state index in [0.29, 0.717) is 37.3 Å². The predicted molar refractivity (Wildman–Crippen MR) is 104 cm³/mol. The van der Waals surface area contributed by atoms with Crippen LogP contribution in [-0.4, -0.2) is 53.4 Å². The lowest BCUT2D eigenvalue weighted by Gasteiger charge is -2.45. The molecule has 2 atom stereocenters. The lowest BCUT2D eigenvalue weighted by molar-refractivity contribution is -0.0668. The maximum atomic E-state index is 13.2. The third kappa shape index (κ3) is 4.34. The van der Waals surface area contributed by atoms with Gasteiger partial charge in [0.2, 0.25) is 0 Å². The van der Waals surface area contributed by atoms with Crippen molar-refractivity contribution in [2.45, 2.75) is 25.9 Å². The smallest absolute Gasteiger partial charge is 0.254 e. The molecule has 1 heterocycles.